The molecule has 0 radical (unpaired) electrons. The Morgan fingerprint density at radius 3 is 2.67 bits per heavy atom. The first-order valence-corrected chi connectivity index (χ1v) is 2.92. The molecule has 1 atom stereocenters. The smallest absolute Gasteiger partial charge is 0.113 e. The van der Waals surface area contributed by atoms with E-state index in [0.717, 1.165) is 0 Å². The van der Waals surface area contributed by atoms with Gasteiger partial charge in [0.25, 0.3) is 0 Å². The normalized spacial score (nSPS) is 15.1. The van der Waals surface area contributed by atoms with Gasteiger partial charge in [-0.2, -0.15) is 0 Å². The zero-order valence-corrected chi connectivity index (χ0v) is 5.54. The Labute approximate surface area is 55.1 Å². The van der Waals surface area contributed by atoms with Crippen molar-refractivity contribution in [2.45, 2.75) is 19.4 Å². The molecule has 52 valence electrons. The molecule has 0 spiro atoms. The highest BCUT2D eigenvalue weighted by Gasteiger charge is 1.94. The predicted octanol–water partition coefficient (Wildman–Crippen LogP) is 1.39. The van der Waals surface area contributed by atoms with E-state index in [1.165, 1.54) is 12.2 Å². The van der Waals surface area contributed by atoms with E-state index in [9.17, 15) is 0 Å². The zero-order valence-electron chi connectivity index (χ0n) is 5.54. The first-order valence-electron chi connectivity index (χ1n) is 2.92. The second-order valence-electron chi connectivity index (χ2n) is 1.77. The van der Waals surface area contributed by atoms with Crippen LogP contribution in [0.15, 0.2) is 24.5 Å². The first kappa shape index (κ1) is 8.24. The fraction of sp³-hybridized carbons (Fsp3) is 0.429. The number of aliphatic hydroxyl groups excluding tert-OH is 2. The minimum Gasteiger partial charge on any atom is -0.508 e. The molecular weight excluding hydrogens is 116 g/mol. The van der Waals surface area contributed by atoms with Gasteiger partial charge in [0.15, 0.2) is 0 Å². The van der Waals surface area contributed by atoms with Gasteiger partial charge in [0.05, 0.1) is 6.10 Å². The van der Waals surface area contributed by atoms with E-state index in [1.807, 2.05) is 6.92 Å². The number of hydrogen-bond acceptors (Lipinski definition) is 2. The Morgan fingerprint density at radius 2 is 2.33 bits per heavy atom. The molecule has 0 rings (SSSR count). The van der Waals surface area contributed by atoms with Crippen LogP contribution in [0.25, 0.3) is 0 Å². The topological polar surface area (TPSA) is 40.5 Å². The molecule has 0 aliphatic carbocycles. The highest BCUT2D eigenvalue weighted by Crippen LogP contribution is 1.96. The van der Waals surface area contributed by atoms with E-state index in [2.05, 4.69) is 6.58 Å². The zero-order chi connectivity index (χ0) is 7.28. The highest BCUT2D eigenvalue weighted by molar-refractivity contribution is 5.08. The average Bonchev–Trinajstić information content (AvgIpc) is 1.87. The van der Waals surface area contributed by atoms with Crippen molar-refractivity contribution in [3.05, 3.63) is 24.5 Å². The second kappa shape index (κ2) is 4.15. The average molecular weight is 128 g/mol. The fourth-order valence-electron chi connectivity index (χ4n) is 0.383. The van der Waals surface area contributed by atoms with E-state index in [-0.39, 0.29) is 5.76 Å². The predicted molar refractivity (Wildman–Crippen MR) is 37.2 cm³/mol. The number of aliphatic hydroxyl groups is 2. The van der Waals surface area contributed by atoms with E-state index < -0.39 is 6.10 Å². The molecule has 0 saturated carbocycles. The van der Waals surface area contributed by atoms with Crippen molar-refractivity contribution >= 4 is 0 Å². The number of hydrogen-bond donors (Lipinski definition) is 2. The molecular formula is C7H12O2. The summed E-state index contributed by atoms with van der Waals surface area (Å²) in [5, 5.41) is 17.6. The minimum atomic E-state index is -0.553. The lowest BCUT2D eigenvalue weighted by molar-refractivity contribution is 0.214. The number of rotatable bonds is 3. The standard InChI is InChI=1S/C7H12O2/c1-3-6(8)5-7(9)4-2/h3,5,7-9H,1,4H2,2H3. The molecule has 0 heterocycles. The SMILES string of the molecule is C=CC(O)=CC(O)CC. The third-order valence-electron chi connectivity index (χ3n) is 0.991. The summed E-state index contributed by atoms with van der Waals surface area (Å²) in [5.74, 6) is 0.0318. The van der Waals surface area contributed by atoms with Gasteiger partial charge in [0.1, 0.15) is 5.76 Å². The van der Waals surface area contributed by atoms with Crippen LogP contribution in [0.3, 0.4) is 0 Å². The summed E-state index contributed by atoms with van der Waals surface area (Å²) >= 11 is 0. The van der Waals surface area contributed by atoms with Gasteiger partial charge in [-0.05, 0) is 18.6 Å². The van der Waals surface area contributed by atoms with Crippen molar-refractivity contribution in [1.82, 2.24) is 0 Å². The molecule has 0 saturated heterocycles. The van der Waals surface area contributed by atoms with Gasteiger partial charge in [-0.3, -0.25) is 0 Å². The molecule has 0 bridgehead atoms. The van der Waals surface area contributed by atoms with E-state index in [1.54, 1.807) is 0 Å². The summed E-state index contributed by atoms with van der Waals surface area (Å²) in [6.45, 7) is 5.15. The van der Waals surface area contributed by atoms with E-state index in [4.69, 9.17) is 10.2 Å². The van der Waals surface area contributed by atoms with Crippen LogP contribution in [0.5, 0.6) is 0 Å². The van der Waals surface area contributed by atoms with Crippen molar-refractivity contribution in [1.29, 1.82) is 0 Å². The molecule has 1 unspecified atom stereocenters. The van der Waals surface area contributed by atoms with Gasteiger partial charge in [-0.1, -0.05) is 13.5 Å². The first-order chi connectivity index (χ1) is 4.20. The maximum atomic E-state index is 8.88. The van der Waals surface area contributed by atoms with Crippen LogP contribution in [0.4, 0.5) is 0 Å². The third kappa shape index (κ3) is 3.79. The van der Waals surface area contributed by atoms with Crippen molar-refractivity contribution in [3.8, 4) is 0 Å². The Bertz CT molecular complexity index is 116. The van der Waals surface area contributed by atoms with Crippen LogP contribution in [0, 0.1) is 0 Å². The Hall–Kier alpha value is -0.760. The lowest BCUT2D eigenvalue weighted by Crippen LogP contribution is -1.99. The molecule has 2 heteroatoms. The third-order valence-corrected chi connectivity index (χ3v) is 0.991. The van der Waals surface area contributed by atoms with Gasteiger partial charge in [0.2, 0.25) is 0 Å². The monoisotopic (exact) mass is 128 g/mol. The van der Waals surface area contributed by atoms with Crippen LogP contribution in [-0.4, -0.2) is 16.3 Å². The Morgan fingerprint density at radius 1 is 1.78 bits per heavy atom. The van der Waals surface area contributed by atoms with Crippen molar-refractivity contribution in [2.24, 2.45) is 0 Å². The van der Waals surface area contributed by atoms with Crippen molar-refractivity contribution < 1.29 is 10.2 Å². The second-order valence-corrected chi connectivity index (χ2v) is 1.77. The van der Waals surface area contributed by atoms with Gasteiger partial charge in [0, 0.05) is 0 Å². The summed E-state index contributed by atoms with van der Waals surface area (Å²) in [6.07, 6.45) is 2.70. The van der Waals surface area contributed by atoms with E-state index >= 15 is 0 Å². The van der Waals surface area contributed by atoms with Crippen LogP contribution in [-0.2, 0) is 0 Å². The molecule has 2 nitrogen and oxygen atoms in total. The maximum absolute atomic E-state index is 8.88. The fourth-order valence-corrected chi connectivity index (χ4v) is 0.383. The van der Waals surface area contributed by atoms with Gasteiger partial charge < -0.3 is 10.2 Å². The lowest BCUT2D eigenvalue weighted by atomic mass is 10.2. The maximum Gasteiger partial charge on any atom is 0.113 e. The highest BCUT2D eigenvalue weighted by atomic mass is 16.3. The molecule has 0 aliphatic rings. The van der Waals surface area contributed by atoms with Crippen molar-refractivity contribution in [2.75, 3.05) is 0 Å². The Balaban J connectivity index is 3.78. The van der Waals surface area contributed by atoms with Crippen LogP contribution in [0.2, 0.25) is 0 Å². The van der Waals surface area contributed by atoms with Crippen molar-refractivity contribution in [3.63, 3.8) is 0 Å². The summed E-state index contributed by atoms with van der Waals surface area (Å²) in [6, 6.07) is 0. The molecule has 0 amide bonds. The summed E-state index contributed by atoms with van der Waals surface area (Å²) in [4.78, 5) is 0. The molecule has 0 aromatic rings. The minimum absolute atomic E-state index is 0.0318. The van der Waals surface area contributed by atoms with Gasteiger partial charge >= 0.3 is 0 Å². The molecule has 0 fully saturated rings. The van der Waals surface area contributed by atoms with Gasteiger partial charge in [-0.25, -0.2) is 0 Å². The largest absolute Gasteiger partial charge is 0.508 e. The molecule has 0 aromatic heterocycles. The summed E-state index contributed by atoms with van der Waals surface area (Å²) in [7, 11) is 0. The lowest BCUT2D eigenvalue weighted by Gasteiger charge is -1.98. The molecule has 0 aliphatic heterocycles. The molecule has 2 N–H and O–H groups in total. The quantitative estimate of drug-likeness (QED) is 0.445. The Kier molecular flexibility index (Phi) is 3.80. The summed E-state index contributed by atoms with van der Waals surface area (Å²) in [5.41, 5.74) is 0. The molecule has 9 heavy (non-hydrogen) atoms. The van der Waals surface area contributed by atoms with E-state index in [0.29, 0.717) is 6.42 Å². The molecule has 0 aromatic carbocycles. The summed E-state index contributed by atoms with van der Waals surface area (Å²) < 4.78 is 0. The van der Waals surface area contributed by atoms with Crippen LogP contribution in [0.1, 0.15) is 13.3 Å². The van der Waals surface area contributed by atoms with Crippen LogP contribution < -0.4 is 0 Å². The van der Waals surface area contributed by atoms with Gasteiger partial charge in [-0.15, -0.1) is 0 Å². The number of allylic oxidation sites excluding steroid dienone is 1. The van der Waals surface area contributed by atoms with Crippen LogP contribution >= 0.6 is 0 Å².